The fourth-order valence-electron chi connectivity index (χ4n) is 1.94. The lowest BCUT2D eigenvalue weighted by atomic mass is 10.2. The van der Waals surface area contributed by atoms with E-state index >= 15 is 0 Å². The molecule has 0 spiro atoms. The van der Waals surface area contributed by atoms with Gasteiger partial charge in [-0.05, 0) is 48.9 Å². The van der Waals surface area contributed by atoms with Gasteiger partial charge >= 0.3 is 0 Å². The standard InChI is InChI=1S/C17H16ClNO4/c1-11-7-13(4-5-14(11)18)19-17(21)10-23-15-6-3-12(9-20)8-16(15)22-2/h3-9H,10H2,1-2H3,(H,19,21). The number of nitrogens with one attached hydrogen (secondary N) is 1. The third-order valence-corrected chi connectivity index (χ3v) is 3.55. The fraction of sp³-hybridized carbons (Fsp3) is 0.176. The van der Waals surface area contributed by atoms with Crippen LogP contribution in [-0.4, -0.2) is 25.9 Å². The van der Waals surface area contributed by atoms with Gasteiger partial charge in [0.2, 0.25) is 0 Å². The molecule has 0 fully saturated rings. The van der Waals surface area contributed by atoms with E-state index in [-0.39, 0.29) is 12.5 Å². The zero-order valence-corrected chi connectivity index (χ0v) is 13.5. The molecular formula is C17H16ClNO4. The highest BCUT2D eigenvalue weighted by atomic mass is 35.5. The molecule has 2 aromatic carbocycles. The molecule has 0 aliphatic rings. The van der Waals surface area contributed by atoms with Crippen LogP contribution in [0.1, 0.15) is 15.9 Å². The first-order valence-corrected chi connectivity index (χ1v) is 7.23. The molecule has 0 bridgehead atoms. The summed E-state index contributed by atoms with van der Waals surface area (Å²) >= 11 is 5.94. The molecule has 0 unspecified atom stereocenters. The van der Waals surface area contributed by atoms with Crippen molar-refractivity contribution in [1.29, 1.82) is 0 Å². The van der Waals surface area contributed by atoms with Gasteiger partial charge in [0.1, 0.15) is 6.29 Å². The van der Waals surface area contributed by atoms with Crippen LogP contribution in [-0.2, 0) is 4.79 Å². The molecule has 0 atom stereocenters. The predicted octanol–water partition coefficient (Wildman–Crippen LogP) is 3.49. The van der Waals surface area contributed by atoms with Gasteiger partial charge in [0, 0.05) is 16.3 Å². The van der Waals surface area contributed by atoms with Crippen molar-refractivity contribution < 1.29 is 19.1 Å². The Kier molecular flexibility index (Phi) is 5.60. The van der Waals surface area contributed by atoms with Crippen LogP contribution < -0.4 is 14.8 Å². The Bertz CT molecular complexity index is 731. The SMILES string of the molecule is COc1cc(C=O)ccc1OCC(=O)Nc1ccc(Cl)c(C)c1. The molecule has 1 N–H and O–H groups in total. The van der Waals surface area contributed by atoms with Crippen LogP contribution in [0.15, 0.2) is 36.4 Å². The van der Waals surface area contributed by atoms with E-state index in [4.69, 9.17) is 21.1 Å². The van der Waals surface area contributed by atoms with E-state index in [9.17, 15) is 9.59 Å². The maximum Gasteiger partial charge on any atom is 0.262 e. The molecular weight excluding hydrogens is 318 g/mol. The number of hydrogen-bond donors (Lipinski definition) is 1. The minimum Gasteiger partial charge on any atom is -0.493 e. The molecule has 0 aliphatic heterocycles. The molecule has 0 heterocycles. The topological polar surface area (TPSA) is 64.6 Å². The molecule has 0 saturated carbocycles. The van der Waals surface area contributed by atoms with E-state index in [0.717, 1.165) is 5.56 Å². The fourth-order valence-corrected chi connectivity index (χ4v) is 2.06. The van der Waals surface area contributed by atoms with Gasteiger partial charge in [0.25, 0.3) is 5.91 Å². The van der Waals surface area contributed by atoms with Crippen molar-refractivity contribution in [3.8, 4) is 11.5 Å². The monoisotopic (exact) mass is 333 g/mol. The van der Waals surface area contributed by atoms with Crippen LogP contribution in [0.2, 0.25) is 5.02 Å². The summed E-state index contributed by atoms with van der Waals surface area (Å²) < 4.78 is 10.6. The van der Waals surface area contributed by atoms with Gasteiger partial charge in [-0.25, -0.2) is 0 Å². The average Bonchev–Trinajstić information content (AvgIpc) is 2.56. The number of aldehydes is 1. The molecule has 2 rings (SSSR count). The summed E-state index contributed by atoms with van der Waals surface area (Å²) in [5.41, 5.74) is 1.98. The number of anilines is 1. The van der Waals surface area contributed by atoms with Crippen molar-refractivity contribution in [1.82, 2.24) is 0 Å². The van der Waals surface area contributed by atoms with E-state index in [1.54, 1.807) is 36.4 Å². The van der Waals surface area contributed by atoms with Gasteiger partial charge < -0.3 is 14.8 Å². The second kappa shape index (κ2) is 7.65. The lowest BCUT2D eigenvalue weighted by Gasteiger charge is -2.11. The van der Waals surface area contributed by atoms with Crippen LogP contribution in [0.4, 0.5) is 5.69 Å². The summed E-state index contributed by atoms with van der Waals surface area (Å²) in [6, 6.07) is 9.93. The summed E-state index contributed by atoms with van der Waals surface area (Å²) in [5.74, 6) is 0.471. The third-order valence-electron chi connectivity index (χ3n) is 3.12. The van der Waals surface area contributed by atoms with Gasteiger partial charge in [0.15, 0.2) is 18.1 Å². The summed E-state index contributed by atoms with van der Waals surface area (Å²) in [6.45, 7) is 1.67. The molecule has 5 nitrogen and oxygen atoms in total. The summed E-state index contributed by atoms with van der Waals surface area (Å²) in [5, 5.41) is 3.36. The second-order valence-electron chi connectivity index (χ2n) is 4.83. The highest BCUT2D eigenvalue weighted by Crippen LogP contribution is 2.27. The molecule has 1 amide bonds. The van der Waals surface area contributed by atoms with Gasteiger partial charge in [-0.1, -0.05) is 11.6 Å². The zero-order valence-electron chi connectivity index (χ0n) is 12.8. The Labute approximate surface area is 139 Å². The average molecular weight is 334 g/mol. The van der Waals surface area contributed by atoms with Crippen molar-refractivity contribution in [2.24, 2.45) is 0 Å². The van der Waals surface area contributed by atoms with E-state index in [0.29, 0.717) is 34.1 Å². The minimum absolute atomic E-state index is 0.182. The largest absolute Gasteiger partial charge is 0.493 e. The lowest BCUT2D eigenvalue weighted by Crippen LogP contribution is -2.20. The van der Waals surface area contributed by atoms with E-state index in [1.807, 2.05) is 6.92 Å². The Morgan fingerprint density at radius 2 is 2.00 bits per heavy atom. The van der Waals surface area contributed by atoms with Crippen molar-refractivity contribution in [3.63, 3.8) is 0 Å². The highest BCUT2D eigenvalue weighted by molar-refractivity contribution is 6.31. The third kappa shape index (κ3) is 4.47. The maximum absolute atomic E-state index is 11.9. The number of carbonyl (C=O) groups is 2. The molecule has 0 saturated heterocycles. The van der Waals surface area contributed by atoms with E-state index in [1.165, 1.54) is 7.11 Å². The van der Waals surface area contributed by atoms with Crippen molar-refractivity contribution >= 4 is 29.5 Å². The van der Waals surface area contributed by atoms with E-state index in [2.05, 4.69) is 5.32 Å². The number of methoxy groups -OCH3 is 1. The highest BCUT2D eigenvalue weighted by Gasteiger charge is 2.09. The number of rotatable bonds is 6. The molecule has 23 heavy (non-hydrogen) atoms. The smallest absolute Gasteiger partial charge is 0.262 e. The van der Waals surface area contributed by atoms with Gasteiger partial charge in [-0.15, -0.1) is 0 Å². The Morgan fingerprint density at radius 1 is 1.22 bits per heavy atom. The zero-order chi connectivity index (χ0) is 16.8. The van der Waals surface area contributed by atoms with Crippen LogP contribution >= 0.6 is 11.6 Å². The van der Waals surface area contributed by atoms with Crippen LogP contribution in [0, 0.1) is 6.92 Å². The van der Waals surface area contributed by atoms with Crippen LogP contribution in [0.25, 0.3) is 0 Å². The molecule has 0 aromatic heterocycles. The first-order chi connectivity index (χ1) is 11.0. The van der Waals surface area contributed by atoms with Crippen molar-refractivity contribution in [2.75, 3.05) is 19.0 Å². The van der Waals surface area contributed by atoms with Crippen LogP contribution in [0.5, 0.6) is 11.5 Å². The van der Waals surface area contributed by atoms with Crippen LogP contribution in [0.3, 0.4) is 0 Å². The molecule has 2 aromatic rings. The minimum atomic E-state index is -0.312. The predicted molar refractivity (Wildman–Crippen MR) is 88.7 cm³/mol. The van der Waals surface area contributed by atoms with Crippen molar-refractivity contribution in [2.45, 2.75) is 6.92 Å². The van der Waals surface area contributed by atoms with E-state index < -0.39 is 0 Å². The summed E-state index contributed by atoms with van der Waals surface area (Å²) in [6.07, 6.45) is 0.710. The molecule has 120 valence electrons. The summed E-state index contributed by atoms with van der Waals surface area (Å²) in [7, 11) is 1.47. The Balaban J connectivity index is 1.98. The number of benzene rings is 2. The number of aryl methyl sites for hydroxylation is 1. The second-order valence-corrected chi connectivity index (χ2v) is 5.24. The normalized spacial score (nSPS) is 10.0. The molecule has 0 aliphatic carbocycles. The number of carbonyl (C=O) groups excluding carboxylic acids is 2. The molecule has 0 radical (unpaired) electrons. The van der Waals surface area contributed by atoms with Gasteiger partial charge in [0.05, 0.1) is 7.11 Å². The summed E-state index contributed by atoms with van der Waals surface area (Å²) in [4.78, 5) is 22.7. The van der Waals surface area contributed by atoms with Gasteiger partial charge in [-0.3, -0.25) is 9.59 Å². The number of halogens is 1. The number of ether oxygens (including phenoxy) is 2. The quantitative estimate of drug-likeness (QED) is 0.822. The van der Waals surface area contributed by atoms with Gasteiger partial charge in [-0.2, -0.15) is 0 Å². The maximum atomic E-state index is 11.9. The number of hydrogen-bond acceptors (Lipinski definition) is 4. The molecule has 6 heteroatoms. The first-order valence-electron chi connectivity index (χ1n) is 6.85. The Hall–Kier alpha value is -2.53. The van der Waals surface area contributed by atoms with Crippen molar-refractivity contribution in [3.05, 3.63) is 52.5 Å². The number of amides is 1. The lowest BCUT2D eigenvalue weighted by molar-refractivity contribution is -0.118. The first kappa shape index (κ1) is 16.8. The Morgan fingerprint density at radius 3 is 2.65 bits per heavy atom.